The monoisotopic (exact) mass is 292 g/mol. The fourth-order valence-electron chi connectivity index (χ4n) is 2.41. The second-order valence-electron chi connectivity index (χ2n) is 5.33. The van der Waals surface area contributed by atoms with Crippen molar-refractivity contribution in [2.24, 2.45) is 5.92 Å². The van der Waals surface area contributed by atoms with E-state index in [1.165, 1.54) is 0 Å². The van der Waals surface area contributed by atoms with Gasteiger partial charge in [-0.05, 0) is 25.5 Å². The summed E-state index contributed by atoms with van der Waals surface area (Å²) in [6.45, 7) is 6.75. The van der Waals surface area contributed by atoms with Crippen LogP contribution in [0.25, 0.3) is 0 Å². The van der Waals surface area contributed by atoms with Crippen LogP contribution >= 0.6 is 0 Å². The van der Waals surface area contributed by atoms with Crippen molar-refractivity contribution in [2.75, 3.05) is 26.4 Å². The minimum Gasteiger partial charge on any atom is -0.492 e. The Bertz CT molecular complexity index is 465. The highest BCUT2D eigenvalue weighted by Gasteiger charge is 2.34. The maximum absolute atomic E-state index is 12.6. The standard InChI is InChI=1S/C16H24N2O3/c1-3-5-18-15-11-20-10-14(15)16(19)12-7-13(9-17-8-12)21-6-4-2/h7-9,14-15,18H,3-6,10-11H2,1-2H3. The van der Waals surface area contributed by atoms with Crippen LogP contribution in [0, 0.1) is 5.92 Å². The number of carbonyl (C=O) groups excluding carboxylic acids is 1. The molecule has 0 aromatic carbocycles. The maximum Gasteiger partial charge on any atom is 0.171 e. The molecule has 1 aromatic heterocycles. The zero-order chi connectivity index (χ0) is 15.1. The predicted molar refractivity (Wildman–Crippen MR) is 80.7 cm³/mol. The lowest BCUT2D eigenvalue weighted by Gasteiger charge is -2.18. The van der Waals surface area contributed by atoms with E-state index in [0.29, 0.717) is 31.1 Å². The number of carbonyl (C=O) groups is 1. The summed E-state index contributed by atoms with van der Waals surface area (Å²) < 4.78 is 11.0. The molecule has 0 bridgehead atoms. The van der Waals surface area contributed by atoms with Gasteiger partial charge in [-0.2, -0.15) is 0 Å². The summed E-state index contributed by atoms with van der Waals surface area (Å²) in [5.74, 6) is 0.593. The van der Waals surface area contributed by atoms with Crippen molar-refractivity contribution >= 4 is 5.78 Å². The molecule has 1 aliphatic heterocycles. The molecule has 1 saturated heterocycles. The zero-order valence-electron chi connectivity index (χ0n) is 12.8. The van der Waals surface area contributed by atoms with Gasteiger partial charge >= 0.3 is 0 Å². The van der Waals surface area contributed by atoms with Crippen LogP contribution in [0.5, 0.6) is 5.75 Å². The largest absolute Gasteiger partial charge is 0.492 e. The number of hydrogen-bond donors (Lipinski definition) is 1. The van der Waals surface area contributed by atoms with Crippen molar-refractivity contribution in [3.8, 4) is 5.75 Å². The molecular weight excluding hydrogens is 268 g/mol. The summed E-state index contributed by atoms with van der Waals surface area (Å²) in [6.07, 6.45) is 5.22. The molecule has 0 saturated carbocycles. The first-order chi connectivity index (χ1) is 10.3. The molecule has 0 spiro atoms. The molecule has 1 fully saturated rings. The van der Waals surface area contributed by atoms with Crippen LogP contribution in [-0.4, -0.2) is 43.2 Å². The van der Waals surface area contributed by atoms with E-state index in [0.717, 1.165) is 19.4 Å². The Morgan fingerprint density at radius 2 is 2.24 bits per heavy atom. The number of hydrogen-bond acceptors (Lipinski definition) is 5. The van der Waals surface area contributed by atoms with E-state index in [9.17, 15) is 4.79 Å². The Kier molecular flexibility index (Phi) is 6.14. The summed E-state index contributed by atoms with van der Waals surface area (Å²) in [5.41, 5.74) is 0.599. The van der Waals surface area contributed by atoms with Crippen LogP contribution in [0.2, 0.25) is 0 Å². The summed E-state index contributed by atoms with van der Waals surface area (Å²) in [5, 5.41) is 3.38. The lowest BCUT2D eigenvalue weighted by Crippen LogP contribution is -2.39. The first-order valence-electron chi connectivity index (χ1n) is 7.69. The van der Waals surface area contributed by atoms with E-state index >= 15 is 0 Å². The molecule has 2 heterocycles. The van der Waals surface area contributed by atoms with Gasteiger partial charge in [0.15, 0.2) is 5.78 Å². The molecule has 116 valence electrons. The van der Waals surface area contributed by atoms with Gasteiger partial charge in [-0.1, -0.05) is 13.8 Å². The zero-order valence-corrected chi connectivity index (χ0v) is 12.8. The number of nitrogens with zero attached hydrogens (tertiary/aromatic N) is 1. The number of nitrogens with one attached hydrogen (secondary N) is 1. The quantitative estimate of drug-likeness (QED) is 0.743. The molecule has 5 nitrogen and oxygen atoms in total. The van der Waals surface area contributed by atoms with Crippen molar-refractivity contribution in [1.82, 2.24) is 10.3 Å². The third-order valence-electron chi connectivity index (χ3n) is 3.54. The van der Waals surface area contributed by atoms with E-state index in [-0.39, 0.29) is 17.7 Å². The van der Waals surface area contributed by atoms with Crippen molar-refractivity contribution in [2.45, 2.75) is 32.7 Å². The van der Waals surface area contributed by atoms with E-state index in [4.69, 9.17) is 9.47 Å². The number of aromatic nitrogens is 1. The first kappa shape index (κ1) is 15.9. The van der Waals surface area contributed by atoms with Crippen LogP contribution in [0.1, 0.15) is 37.0 Å². The molecule has 21 heavy (non-hydrogen) atoms. The fraction of sp³-hybridized carbons (Fsp3) is 0.625. The van der Waals surface area contributed by atoms with Crippen LogP contribution in [0.3, 0.4) is 0 Å². The van der Waals surface area contributed by atoms with Crippen molar-refractivity contribution in [3.05, 3.63) is 24.0 Å². The van der Waals surface area contributed by atoms with Crippen LogP contribution in [0.15, 0.2) is 18.5 Å². The maximum atomic E-state index is 12.6. The Morgan fingerprint density at radius 3 is 3.00 bits per heavy atom. The highest BCUT2D eigenvalue weighted by molar-refractivity contribution is 5.98. The minimum absolute atomic E-state index is 0.0792. The predicted octanol–water partition coefficient (Wildman–Crippen LogP) is 2.07. The van der Waals surface area contributed by atoms with E-state index in [1.54, 1.807) is 18.5 Å². The third-order valence-corrected chi connectivity index (χ3v) is 3.54. The molecule has 5 heteroatoms. The van der Waals surface area contributed by atoms with Crippen LogP contribution in [-0.2, 0) is 4.74 Å². The molecular formula is C16H24N2O3. The summed E-state index contributed by atoms with van der Waals surface area (Å²) >= 11 is 0. The van der Waals surface area contributed by atoms with Gasteiger partial charge in [0.1, 0.15) is 5.75 Å². The fourth-order valence-corrected chi connectivity index (χ4v) is 2.41. The van der Waals surface area contributed by atoms with E-state index in [2.05, 4.69) is 17.2 Å². The highest BCUT2D eigenvalue weighted by atomic mass is 16.5. The molecule has 1 N–H and O–H groups in total. The van der Waals surface area contributed by atoms with Gasteiger partial charge < -0.3 is 14.8 Å². The topological polar surface area (TPSA) is 60.5 Å². The average molecular weight is 292 g/mol. The second-order valence-corrected chi connectivity index (χ2v) is 5.33. The number of Topliss-reactive ketones (excluding diaryl/α,β-unsaturated/α-hetero) is 1. The summed E-state index contributed by atoms with van der Waals surface area (Å²) in [4.78, 5) is 16.7. The second kappa shape index (κ2) is 8.10. The van der Waals surface area contributed by atoms with Gasteiger partial charge in [0.05, 0.1) is 31.9 Å². The molecule has 2 unspecified atom stereocenters. The van der Waals surface area contributed by atoms with Gasteiger partial charge in [-0.25, -0.2) is 0 Å². The van der Waals surface area contributed by atoms with Crippen LogP contribution in [0.4, 0.5) is 0 Å². The molecule has 2 atom stereocenters. The molecule has 1 aliphatic rings. The van der Waals surface area contributed by atoms with Gasteiger partial charge in [0.2, 0.25) is 0 Å². The van der Waals surface area contributed by atoms with Crippen molar-refractivity contribution < 1.29 is 14.3 Å². The van der Waals surface area contributed by atoms with E-state index in [1.807, 2.05) is 6.92 Å². The normalized spacial score (nSPS) is 21.4. The molecule has 0 aliphatic carbocycles. The number of rotatable bonds is 8. The molecule has 0 radical (unpaired) electrons. The number of pyridine rings is 1. The Hall–Kier alpha value is -1.46. The molecule has 0 amide bonds. The van der Waals surface area contributed by atoms with E-state index < -0.39 is 0 Å². The van der Waals surface area contributed by atoms with Crippen molar-refractivity contribution in [3.63, 3.8) is 0 Å². The average Bonchev–Trinajstić information content (AvgIpc) is 2.98. The Balaban J connectivity index is 2.04. The van der Waals surface area contributed by atoms with Gasteiger partial charge in [-0.3, -0.25) is 9.78 Å². The molecule has 1 aromatic rings. The SMILES string of the molecule is CCCNC1COCC1C(=O)c1cncc(OCCC)c1. The third kappa shape index (κ3) is 4.25. The number of ketones is 1. The van der Waals surface area contributed by atoms with Gasteiger partial charge in [0.25, 0.3) is 0 Å². The van der Waals surface area contributed by atoms with Gasteiger partial charge in [0, 0.05) is 17.8 Å². The highest BCUT2D eigenvalue weighted by Crippen LogP contribution is 2.21. The van der Waals surface area contributed by atoms with Crippen molar-refractivity contribution in [1.29, 1.82) is 0 Å². The molecule has 2 rings (SSSR count). The number of ether oxygens (including phenoxy) is 2. The summed E-state index contributed by atoms with van der Waals surface area (Å²) in [7, 11) is 0. The Morgan fingerprint density at radius 1 is 1.38 bits per heavy atom. The van der Waals surface area contributed by atoms with Crippen LogP contribution < -0.4 is 10.1 Å². The first-order valence-corrected chi connectivity index (χ1v) is 7.69. The van der Waals surface area contributed by atoms with Gasteiger partial charge in [-0.15, -0.1) is 0 Å². The Labute approximate surface area is 126 Å². The minimum atomic E-state index is -0.139. The smallest absolute Gasteiger partial charge is 0.171 e. The lowest BCUT2D eigenvalue weighted by molar-refractivity contribution is 0.0890. The lowest BCUT2D eigenvalue weighted by atomic mass is 9.94. The summed E-state index contributed by atoms with van der Waals surface area (Å²) in [6, 6.07) is 1.87.